The van der Waals surface area contributed by atoms with Crippen LogP contribution in [0, 0.1) is 0 Å². The van der Waals surface area contributed by atoms with Crippen LogP contribution in [-0.2, 0) is 4.79 Å². The van der Waals surface area contributed by atoms with Crippen molar-refractivity contribution in [2.45, 2.75) is 24.8 Å². The van der Waals surface area contributed by atoms with Crippen LogP contribution in [-0.4, -0.2) is 35.6 Å². The standard InChI is InChI=1S/C12H16N2O3S/c15-8-12(3-4-12)14-10(16)1-5-13-11(17)9-2-6-18-7-9/h2,6-7,15H,1,3-5,8H2,(H,13,17)(H,14,16). The van der Waals surface area contributed by atoms with Gasteiger partial charge in [-0.2, -0.15) is 11.3 Å². The molecule has 3 N–H and O–H groups in total. The fourth-order valence-corrected chi connectivity index (χ4v) is 2.25. The second-order valence-corrected chi connectivity index (χ2v) is 5.28. The van der Waals surface area contributed by atoms with Gasteiger partial charge in [0.1, 0.15) is 0 Å². The minimum Gasteiger partial charge on any atom is -0.394 e. The first-order valence-corrected chi connectivity index (χ1v) is 6.82. The first kappa shape index (κ1) is 13.0. The van der Waals surface area contributed by atoms with E-state index in [1.54, 1.807) is 11.4 Å². The van der Waals surface area contributed by atoms with Gasteiger partial charge in [0.05, 0.1) is 12.1 Å². The first-order valence-electron chi connectivity index (χ1n) is 5.87. The Morgan fingerprint density at radius 1 is 1.44 bits per heavy atom. The third-order valence-electron chi connectivity index (χ3n) is 2.98. The lowest BCUT2D eigenvalue weighted by Crippen LogP contribution is -2.41. The Balaban J connectivity index is 1.66. The van der Waals surface area contributed by atoms with Crippen LogP contribution in [0.1, 0.15) is 29.6 Å². The quantitative estimate of drug-likeness (QED) is 0.703. The summed E-state index contributed by atoms with van der Waals surface area (Å²) in [7, 11) is 0. The highest BCUT2D eigenvalue weighted by Gasteiger charge is 2.43. The molecular weight excluding hydrogens is 252 g/mol. The largest absolute Gasteiger partial charge is 0.394 e. The van der Waals surface area contributed by atoms with Gasteiger partial charge in [0.2, 0.25) is 5.91 Å². The topological polar surface area (TPSA) is 78.4 Å². The molecule has 1 aliphatic rings. The van der Waals surface area contributed by atoms with Crippen molar-refractivity contribution in [1.29, 1.82) is 0 Å². The number of thiophene rings is 1. The molecule has 0 radical (unpaired) electrons. The molecule has 0 aromatic carbocycles. The van der Waals surface area contributed by atoms with Crippen molar-refractivity contribution in [2.75, 3.05) is 13.2 Å². The van der Waals surface area contributed by atoms with Crippen molar-refractivity contribution >= 4 is 23.2 Å². The molecule has 0 saturated heterocycles. The van der Waals surface area contributed by atoms with Crippen molar-refractivity contribution in [1.82, 2.24) is 10.6 Å². The lowest BCUT2D eigenvalue weighted by Gasteiger charge is -2.14. The molecule has 1 aromatic rings. The average Bonchev–Trinajstić information content (AvgIpc) is 2.92. The van der Waals surface area contributed by atoms with Gasteiger partial charge in [-0.05, 0) is 24.3 Å². The van der Waals surface area contributed by atoms with Crippen molar-refractivity contribution in [3.05, 3.63) is 22.4 Å². The number of aliphatic hydroxyl groups excluding tert-OH is 1. The van der Waals surface area contributed by atoms with E-state index in [1.807, 2.05) is 5.38 Å². The van der Waals surface area contributed by atoms with Crippen LogP contribution in [0.25, 0.3) is 0 Å². The summed E-state index contributed by atoms with van der Waals surface area (Å²) in [5.74, 6) is -0.292. The molecule has 2 amide bonds. The second-order valence-electron chi connectivity index (χ2n) is 4.50. The van der Waals surface area contributed by atoms with E-state index in [-0.39, 0.29) is 30.4 Å². The zero-order valence-corrected chi connectivity index (χ0v) is 10.8. The molecule has 0 spiro atoms. The van der Waals surface area contributed by atoms with Crippen LogP contribution in [0.3, 0.4) is 0 Å². The Kier molecular flexibility index (Phi) is 3.98. The minimum absolute atomic E-state index is 0.0139. The van der Waals surface area contributed by atoms with Gasteiger partial charge in [-0.25, -0.2) is 0 Å². The summed E-state index contributed by atoms with van der Waals surface area (Å²) >= 11 is 1.46. The lowest BCUT2D eigenvalue weighted by atomic mass is 10.2. The monoisotopic (exact) mass is 268 g/mol. The van der Waals surface area contributed by atoms with Crippen molar-refractivity contribution in [3.63, 3.8) is 0 Å². The second kappa shape index (κ2) is 5.49. The van der Waals surface area contributed by atoms with E-state index < -0.39 is 0 Å². The summed E-state index contributed by atoms with van der Waals surface area (Å²) in [5, 5.41) is 18.1. The molecule has 1 heterocycles. The molecule has 5 nitrogen and oxygen atoms in total. The summed E-state index contributed by atoms with van der Waals surface area (Å²) in [5.41, 5.74) is 0.239. The van der Waals surface area contributed by atoms with E-state index >= 15 is 0 Å². The maximum Gasteiger partial charge on any atom is 0.252 e. The number of amides is 2. The highest BCUT2D eigenvalue weighted by atomic mass is 32.1. The molecule has 0 atom stereocenters. The molecule has 1 fully saturated rings. The molecule has 0 unspecified atom stereocenters. The predicted octanol–water partition coefficient (Wildman–Crippen LogP) is 0.509. The Labute approximate surface area is 109 Å². The van der Waals surface area contributed by atoms with E-state index in [0.717, 1.165) is 12.8 Å². The highest BCUT2D eigenvalue weighted by Crippen LogP contribution is 2.34. The number of carbonyl (C=O) groups excluding carboxylic acids is 2. The minimum atomic E-state index is -0.381. The SMILES string of the molecule is O=C(CCNC(=O)c1ccsc1)NC1(CO)CC1. The van der Waals surface area contributed by atoms with Gasteiger partial charge >= 0.3 is 0 Å². The summed E-state index contributed by atoms with van der Waals surface area (Å²) in [6.45, 7) is 0.294. The summed E-state index contributed by atoms with van der Waals surface area (Å²) < 4.78 is 0. The summed E-state index contributed by atoms with van der Waals surface area (Å²) in [6.07, 6.45) is 1.89. The molecule has 1 aromatic heterocycles. The van der Waals surface area contributed by atoms with Crippen molar-refractivity contribution in [2.24, 2.45) is 0 Å². The number of carbonyl (C=O) groups is 2. The Bertz CT molecular complexity index is 427. The fourth-order valence-electron chi connectivity index (χ4n) is 1.62. The Hall–Kier alpha value is -1.40. The van der Waals surface area contributed by atoms with Crippen LogP contribution in [0.5, 0.6) is 0 Å². The van der Waals surface area contributed by atoms with Gasteiger partial charge < -0.3 is 15.7 Å². The van der Waals surface area contributed by atoms with Crippen LogP contribution in [0.4, 0.5) is 0 Å². The molecular formula is C12H16N2O3S. The van der Waals surface area contributed by atoms with E-state index in [1.165, 1.54) is 11.3 Å². The first-order chi connectivity index (χ1) is 8.65. The van der Waals surface area contributed by atoms with Crippen LogP contribution < -0.4 is 10.6 Å². The van der Waals surface area contributed by atoms with Crippen molar-refractivity contribution < 1.29 is 14.7 Å². The van der Waals surface area contributed by atoms with Gasteiger partial charge in [0.25, 0.3) is 5.91 Å². The number of rotatable bonds is 6. The zero-order valence-electron chi connectivity index (χ0n) is 9.94. The van der Waals surface area contributed by atoms with Gasteiger partial charge in [0.15, 0.2) is 0 Å². The number of aliphatic hydroxyl groups is 1. The van der Waals surface area contributed by atoms with E-state index in [4.69, 9.17) is 5.11 Å². The van der Waals surface area contributed by atoms with Crippen LogP contribution >= 0.6 is 11.3 Å². The van der Waals surface area contributed by atoms with E-state index in [9.17, 15) is 9.59 Å². The van der Waals surface area contributed by atoms with Crippen molar-refractivity contribution in [3.8, 4) is 0 Å². The average molecular weight is 268 g/mol. The van der Waals surface area contributed by atoms with Crippen LogP contribution in [0.2, 0.25) is 0 Å². The highest BCUT2D eigenvalue weighted by molar-refractivity contribution is 7.08. The lowest BCUT2D eigenvalue weighted by molar-refractivity contribution is -0.122. The maximum absolute atomic E-state index is 11.6. The molecule has 0 aliphatic heterocycles. The zero-order chi connectivity index (χ0) is 13.0. The number of hydrogen-bond acceptors (Lipinski definition) is 4. The normalized spacial score (nSPS) is 16.1. The molecule has 0 bridgehead atoms. The molecule has 98 valence electrons. The predicted molar refractivity (Wildman–Crippen MR) is 68.5 cm³/mol. The third-order valence-corrected chi connectivity index (χ3v) is 3.67. The van der Waals surface area contributed by atoms with E-state index in [0.29, 0.717) is 12.1 Å². The Morgan fingerprint density at radius 2 is 2.22 bits per heavy atom. The molecule has 1 aliphatic carbocycles. The molecule has 2 rings (SSSR count). The fraction of sp³-hybridized carbons (Fsp3) is 0.500. The number of nitrogens with one attached hydrogen (secondary N) is 2. The van der Waals surface area contributed by atoms with Gasteiger partial charge in [-0.15, -0.1) is 0 Å². The smallest absolute Gasteiger partial charge is 0.252 e. The van der Waals surface area contributed by atoms with Crippen LogP contribution in [0.15, 0.2) is 16.8 Å². The number of hydrogen-bond donors (Lipinski definition) is 3. The maximum atomic E-state index is 11.6. The summed E-state index contributed by atoms with van der Waals surface area (Å²) in [4.78, 5) is 23.1. The molecule has 18 heavy (non-hydrogen) atoms. The summed E-state index contributed by atoms with van der Waals surface area (Å²) in [6, 6.07) is 1.74. The van der Waals surface area contributed by atoms with Gasteiger partial charge in [0, 0.05) is 23.9 Å². The molecule has 6 heteroatoms. The van der Waals surface area contributed by atoms with Gasteiger partial charge in [-0.3, -0.25) is 9.59 Å². The Morgan fingerprint density at radius 3 is 2.78 bits per heavy atom. The van der Waals surface area contributed by atoms with Gasteiger partial charge in [-0.1, -0.05) is 0 Å². The molecule has 1 saturated carbocycles. The van der Waals surface area contributed by atoms with E-state index in [2.05, 4.69) is 10.6 Å². The third kappa shape index (κ3) is 3.30.